The maximum Gasteiger partial charge on any atom is 0.385 e. The SMILES string of the molecule is N#[N+]c1cc2c(OCC(=O)[O-])c(c1)Cc1cc([N+]#N)cc(c1OCC(=O)[O-])Cc1cc([N+]#N)cc(c1OCC(=O)[O-])Cc1cc([N+]#N)cc(c1OCC(=O)[O-])C2. The summed E-state index contributed by atoms with van der Waals surface area (Å²) >= 11 is 0. The Bertz CT molecular complexity index is 2040. The molecule has 0 spiro atoms. The zero-order valence-electron chi connectivity index (χ0n) is 28.8. The molecule has 20 nitrogen and oxygen atoms in total. The van der Waals surface area contributed by atoms with Gasteiger partial charge in [-0.3, -0.25) is 0 Å². The van der Waals surface area contributed by atoms with Crippen LogP contribution in [0.3, 0.4) is 0 Å². The molecule has 0 amide bonds. The third-order valence-corrected chi connectivity index (χ3v) is 8.23. The first-order valence-corrected chi connectivity index (χ1v) is 16.2. The Morgan fingerprint density at radius 1 is 0.393 bits per heavy atom. The number of benzene rings is 4. The molecule has 280 valence electrons. The molecule has 0 heterocycles. The maximum absolute atomic E-state index is 11.6. The van der Waals surface area contributed by atoms with Gasteiger partial charge in [-0.25, -0.2) is 0 Å². The van der Waals surface area contributed by atoms with Crippen molar-refractivity contribution in [3.63, 3.8) is 0 Å². The average molecular weight is 761 g/mol. The number of carbonyl (C=O) groups excluding carboxylic acids is 4. The van der Waals surface area contributed by atoms with Gasteiger partial charge in [-0.15, -0.1) is 0 Å². The Labute approximate surface area is 314 Å². The quantitative estimate of drug-likeness (QED) is 0.159. The van der Waals surface area contributed by atoms with Crippen LogP contribution in [0.2, 0.25) is 0 Å². The Hall–Kier alpha value is -8.36. The Kier molecular flexibility index (Phi) is 11.8. The summed E-state index contributed by atoms with van der Waals surface area (Å²) in [5, 5.41) is 86.3. The van der Waals surface area contributed by atoms with Gasteiger partial charge in [0.2, 0.25) is 21.6 Å². The van der Waals surface area contributed by atoms with E-state index in [1.54, 1.807) is 0 Å². The van der Waals surface area contributed by atoms with Crippen LogP contribution in [0, 0.1) is 21.6 Å². The standard InChI is InChI=1S/C36H24N8O12/c37-41-25-5-17-1-18-6-26(42-38)8-20(34(18)54-14-30(47)48)3-22-10-28(44-40)12-24(36(22)56-16-32(51)52)4-23-11-27(43-39)9-21(35(23)55-15-31(49)50)2-19(7-25)33(17)53-13-29(45)46/h5-12H,1-4,13-16H2. The molecule has 0 unspecified atom stereocenters. The molecule has 0 saturated carbocycles. The zero-order chi connectivity index (χ0) is 40.5. The molecule has 0 fully saturated rings. The number of carbonyl (C=O) groups is 4. The van der Waals surface area contributed by atoms with Crippen LogP contribution >= 0.6 is 0 Å². The Morgan fingerprint density at radius 3 is 0.679 bits per heavy atom. The van der Waals surface area contributed by atoms with Gasteiger partial charge >= 0.3 is 22.7 Å². The van der Waals surface area contributed by atoms with Gasteiger partial charge in [-0.1, -0.05) is 0 Å². The van der Waals surface area contributed by atoms with Crippen molar-refractivity contribution in [3.05, 3.63) is 113 Å². The van der Waals surface area contributed by atoms with Crippen LogP contribution in [0.1, 0.15) is 44.5 Å². The van der Waals surface area contributed by atoms with E-state index in [4.69, 9.17) is 18.9 Å². The highest BCUT2D eigenvalue weighted by molar-refractivity contribution is 5.71. The monoisotopic (exact) mass is 760 g/mol. The van der Waals surface area contributed by atoms with Gasteiger partial charge in [0.05, 0.1) is 23.9 Å². The van der Waals surface area contributed by atoms with Crippen LogP contribution in [-0.4, -0.2) is 50.3 Å². The predicted molar refractivity (Wildman–Crippen MR) is 178 cm³/mol. The fraction of sp³-hybridized carbons (Fsp3) is 0.222. The average Bonchev–Trinajstić information content (AvgIpc) is 3.15. The summed E-state index contributed by atoms with van der Waals surface area (Å²) in [5.41, 5.74) is 0.434. The number of hydrogen-bond donors (Lipinski definition) is 0. The minimum absolute atomic E-state index is 0.0947. The minimum atomic E-state index is -1.63. The number of diazo groups is 4. The van der Waals surface area contributed by atoms with Gasteiger partial charge in [0.1, 0.15) is 49.4 Å². The smallest absolute Gasteiger partial charge is 0.385 e. The Balaban J connectivity index is 1.94. The third kappa shape index (κ3) is 9.16. The van der Waals surface area contributed by atoms with Crippen LogP contribution in [0.25, 0.3) is 19.9 Å². The molecule has 8 bridgehead atoms. The molecule has 56 heavy (non-hydrogen) atoms. The van der Waals surface area contributed by atoms with Crippen molar-refractivity contribution >= 4 is 46.6 Å². The molecule has 0 N–H and O–H groups in total. The number of rotatable bonds is 12. The van der Waals surface area contributed by atoms with E-state index in [2.05, 4.69) is 19.9 Å². The van der Waals surface area contributed by atoms with Gasteiger partial charge in [0, 0.05) is 119 Å². The number of nitrogens with zero attached hydrogens (tertiary/aromatic N) is 8. The van der Waals surface area contributed by atoms with Crippen LogP contribution in [-0.2, 0) is 44.9 Å². The molecule has 0 saturated heterocycles. The third-order valence-electron chi connectivity index (χ3n) is 8.23. The van der Waals surface area contributed by atoms with Crippen LogP contribution in [0.5, 0.6) is 23.0 Å². The normalized spacial score (nSPS) is 11.4. The highest BCUT2D eigenvalue weighted by Crippen LogP contribution is 2.43. The second-order valence-corrected chi connectivity index (χ2v) is 12.1. The van der Waals surface area contributed by atoms with E-state index < -0.39 is 50.3 Å². The van der Waals surface area contributed by atoms with Crippen molar-refractivity contribution in [1.82, 2.24) is 0 Å². The molecule has 0 radical (unpaired) electrons. The molecular weight excluding hydrogens is 736 g/mol. The fourth-order valence-electron chi connectivity index (χ4n) is 6.31. The predicted octanol–water partition coefficient (Wildman–Crippen LogP) is 0.816. The van der Waals surface area contributed by atoms with Crippen molar-refractivity contribution in [2.75, 3.05) is 26.4 Å². The van der Waals surface area contributed by atoms with E-state index in [9.17, 15) is 61.2 Å². The molecule has 20 heteroatoms. The highest BCUT2D eigenvalue weighted by atomic mass is 16.5. The van der Waals surface area contributed by atoms with Gasteiger partial charge < -0.3 is 58.6 Å². The van der Waals surface area contributed by atoms with Crippen LogP contribution in [0.4, 0.5) is 22.7 Å². The van der Waals surface area contributed by atoms with E-state index in [0.717, 1.165) is 0 Å². The minimum Gasteiger partial charge on any atom is -0.546 e. The lowest BCUT2D eigenvalue weighted by Crippen LogP contribution is -2.30. The number of aliphatic carboxylic acids is 4. The lowest BCUT2D eigenvalue weighted by Gasteiger charge is -2.22. The van der Waals surface area contributed by atoms with Crippen molar-refractivity contribution in [1.29, 1.82) is 21.6 Å². The molecule has 5 rings (SSSR count). The lowest BCUT2D eigenvalue weighted by atomic mass is 9.90. The number of ether oxygens (including phenoxy) is 4. The zero-order valence-corrected chi connectivity index (χ0v) is 28.8. The van der Waals surface area contributed by atoms with Gasteiger partial charge in [0.15, 0.2) is 19.9 Å². The molecule has 0 aromatic heterocycles. The Morgan fingerprint density at radius 2 is 0.554 bits per heavy atom. The second-order valence-electron chi connectivity index (χ2n) is 12.1. The van der Waals surface area contributed by atoms with Gasteiger partial charge in [-0.05, 0) is 0 Å². The van der Waals surface area contributed by atoms with Crippen LogP contribution < -0.4 is 39.4 Å². The summed E-state index contributed by atoms with van der Waals surface area (Å²) < 4.78 is 22.8. The molecule has 4 aromatic carbocycles. The van der Waals surface area contributed by atoms with E-state index in [0.29, 0.717) is 0 Å². The molecule has 0 aliphatic heterocycles. The largest absolute Gasteiger partial charge is 0.546 e. The van der Waals surface area contributed by atoms with Gasteiger partial charge in [-0.2, -0.15) is 0 Å². The number of carboxylic acids is 4. The number of carboxylic acid groups (broad SMARTS) is 4. The van der Waals surface area contributed by atoms with Gasteiger partial charge in [0.25, 0.3) is 0 Å². The molecule has 4 aromatic rings. The summed E-state index contributed by atoms with van der Waals surface area (Å²) in [6.45, 7) is -3.97. The fourth-order valence-corrected chi connectivity index (χ4v) is 6.31. The first-order valence-electron chi connectivity index (χ1n) is 16.2. The summed E-state index contributed by atoms with van der Waals surface area (Å²) in [4.78, 5) is 59.7. The molecule has 1 aliphatic carbocycles. The molecular formula is C36H24N8O12. The highest BCUT2D eigenvalue weighted by Gasteiger charge is 2.29. The summed E-state index contributed by atoms with van der Waals surface area (Å²) in [6.07, 6.45) is -1.30. The lowest BCUT2D eigenvalue weighted by molar-refractivity contribution is -0.308. The number of hydrogen-bond acceptors (Lipinski definition) is 16. The molecule has 1 aliphatic rings. The van der Waals surface area contributed by atoms with E-state index in [1.165, 1.54) is 48.5 Å². The summed E-state index contributed by atoms with van der Waals surface area (Å²) in [5.74, 6) is -7.01. The summed E-state index contributed by atoms with van der Waals surface area (Å²) in [6, 6.07) is 10.4. The topological polar surface area (TPSA) is 310 Å². The van der Waals surface area contributed by atoms with Crippen molar-refractivity contribution < 1.29 is 58.6 Å². The molecule has 0 atom stereocenters. The van der Waals surface area contributed by atoms with Crippen molar-refractivity contribution in [2.24, 2.45) is 0 Å². The second kappa shape index (κ2) is 17.0. The first-order chi connectivity index (χ1) is 26.8. The summed E-state index contributed by atoms with van der Waals surface area (Å²) in [7, 11) is 0. The number of fused-ring (bicyclic) bond motifs is 8. The van der Waals surface area contributed by atoms with E-state index >= 15 is 0 Å². The maximum atomic E-state index is 11.6. The van der Waals surface area contributed by atoms with E-state index in [1.807, 2.05) is 0 Å². The first kappa shape index (κ1) is 38.9. The van der Waals surface area contributed by atoms with Crippen molar-refractivity contribution in [3.8, 4) is 23.0 Å². The van der Waals surface area contributed by atoms with Crippen molar-refractivity contribution in [2.45, 2.75) is 25.7 Å². The van der Waals surface area contributed by atoms with E-state index in [-0.39, 0.29) is 116 Å². The van der Waals surface area contributed by atoms with Crippen LogP contribution in [0.15, 0.2) is 48.5 Å².